The van der Waals surface area contributed by atoms with Gasteiger partial charge in [0.05, 0.1) is 23.1 Å². The fourth-order valence-electron chi connectivity index (χ4n) is 4.33. The number of rotatable bonds is 4. The molecule has 0 bridgehead atoms. The van der Waals surface area contributed by atoms with Gasteiger partial charge in [-0.25, -0.2) is 9.07 Å². The first-order chi connectivity index (χ1) is 17.2. The highest BCUT2D eigenvalue weighted by atomic mass is 19.1. The van der Waals surface area contributed by atoms with Gasteiger partial charge in [-0.05, 0) is 35.9 Å². The van der Waals surface area contributed by atoms with E-state index in [2.05, 4.69) is 21.6 Å². The predicted octanol–water partition coefficient (Wildman–Crippen LogP) is 5.20. The number of allylic oxidation sites excluding steroid dienone is 1. The van der Waals surface area contributed by atoms with Crippen LogP contribution in [0.15, 0.2) is 97.3 Å². The molecule has 0 saturated carbocycles. The van der Waals surface area contributed by atoms with E-state index < -0.39 is 0 Å². The lowest BCUT2D eigenvalue weighted by molar-refractivity contribution is 0.627. The molecular weight excluding hydrogens is 441 g/mol. The van der Waals surface area contributed by atoms with Crippen LogP contribution >= 0.6 is 0 Å². The molecule has 1 N–H and O–H groups in total. The zero-order valence-electron chi connectivity index (χ0n) is 18.4. The molecule has 35 heavy (non-hydrogen) atoms. The minimum Gasteiger partial charge on any atom is -0.322 e. The summed E-state index contributed by atoms with van der Waals surface area (Å²) in [7, 11) is 0. The lowest BCUT2D eigenvalue weighted by Crippen LogP contribution is -2.19. The SMILES string of the molecule is N#Cc1c(C2=CC(c3ccccc3)n3cnnc3N2)nn(-c2ccc(F)cc2)c1-c1ccccc1. The molecule has 0 fully saturated rings. The third-order valence-corrected chi connectivity index (χ3v) is 5.96. The second kappa shape index (κ2) is 8.39. The number of aromatic nitrogens is 5. The number of nitriles is 1. The van der Waals surface area contributed by atoms with Crippen LogP contribution in [-0.2, 0) is 0 Å². The average Bonchev–Trinajstić information content (AvgIpc) is 3.54. The lowest BCUT2D eigenvalue weighted by Gasteiger charge is -2.24. The van der Waals surface area contributed by atoms with Gasteiger partial charge in [0.2, 0.25) is 5.95 Å². The third-order valence-electron chi connectivity index (χ3n) is 5.96. The molecule has 2 aromatic heterocycles. The average molecular weight is 459 g/mol. The van der Waals surface area contributed by atoms with Crippen LogP contribution in [-0.4, -0.2) is 24.5 Å². The van der Waals surface area contributed by atoms with E-state index >= 15 is 0 Å². The second-order valence-electron chi connectivity index (χ2n) is 8.06. The Balaban J connectivity index is 1.57. The Morgan fingerprint density at radius 2 is 1.63 bits per heavy atom. The topological polar surface area (TPSA) is 84.3 Å². The van der Waals surface area contributed by atoms with Crippen LogP contribution in [0.1, 0.15) is 22.9 Å². The van der Waals surface area contributed by atoms with E-state index in [4.69, 9.17) is 5.10 Å². The Hall–Kier alpha value is -5.03. The molecule has 5 aromatic rings. The fourth-order valence-corrected chi connectivity index (χ4v) is 4.33. The Kier molecular flexibility index (Phi) is 4.93. The predicted molar refractivity (Wildman–Crippen MR) is 130 cm³/mol. The Labute approximate surface area is 200 Å². The van der Waals surface area contributed by atoms with Gasteiger partial charge in [-0.3, -0.25) is 4.57 Å². The first-order valence-electron chi connectivity index (χ1n) is 11.0. The normalized spacial score (nSPS) is 14.5. The smallest absolute Gasteiger partial charge is 0.229 e. The largest absolute Gasteiger partial charge is 0.322 e. The highest BCUT2D eigenvalue weighted by Gasteiger charge is 2.28. The Morgan fingerprint density at radius 1 is 0.914 bits per heavy atom. The molecule has 8 heteroatoms. The van der Waals surface area contributed by atoms with Crippen molar-refractivity contribution >= 4 is 11.6 Å². The van der Waals surface area contributed by atoms with Gasteiger partial charge in [-0.2, -0.15) is 10.4 Å². The van der Waals surface area contributed by atoms with Crippen LogP contribution in [0.4, 0.5) is 10.3 Å². The summed E-state index contributed by atoms with van der Waals surface area (Å²) in [5.41, 5.74) is 4.67. The van der Waals surface area contributed by atoms with Gasteiger partial charge in [-0.1, -0.05) is 60.7 Å². The van der Waals surface area contributed by atoms with Crippen molar-refractivity contribution in [3.8, 4) is 23.0 Å². The molecule has 0 spiro atoms. The van der Waals surface area contributed by atoms with Crippen molar-refractivity contribution in [2.45, 2.75) is 6.04 Å². The van der Waals surface area contributed by atoms with Gasteiger partial charge in [0.1, 0.15) is 29.5 Å². The number of fused-ring (bicyclic) bond motifs is 1. The molecule has 3 aromatic carbocycles. The maximum atomic E-state index is 13.7. The molecular formula is C27H18FN7. The molecule has 7 nitrogen and oxygen atoms in total. The van der Waals surface area contributed by atoms with Crippen LogP contribution in [0, 0.1) is 17.1 Å². The summed E-state index contributed by atoms with van der Waals surface area (Å²) in [6, 6.07) is 27.8. The van der Waals surface area contributed by atoms with Gasteiger partial charge >= 0.3 is 0 Å². The first-order valence-corrected chi connectivity index (χ1v) is 11.0. The van der Waals surface area contributed by atoms with Crippen molar-refractivity contribution in [1.82, 2.24) is 24.5 Å². The maximum Gasteiger partial charge on any atom is 0.229 e. The van der Waals surface area contributed by atoms with Crippen molar-refractivity contribution in [1.29, 1.82) is 5.26 Å². The van der Waals surface area contributed by atoms with E-state index in [0.717, 1.165) is 11.1 Å². The number of nitrogens with zero attached hydrogens (tertiary/aromatic N) is 6. The monoisotopic (exact) mass is 459 g/mol. The summed E-state index contributed by atoms with van der Waals surface area (Å²) in [4.78, 5) is 0. The molecule has 6 rings (SSSR count). The molecule has 0 radical (unpaired) electrons. The molecule has 1 aliphatic rings. The molecule has 1 aliphatic heterocycles. The quantitative estimate of drug-likeness (QED) is 0.399. The number of hydrogen-bond acceptors (Lipinski definition) is 5. The third kappa shape index (κ3) is 3.56. The van der Waals surface area contributed by atoms with Crippen LogP contribution in [0.25, 0.3) is 22.6 Å². The van der Waals surface area contributed by atoms with E-state index in [1.165, 1.54) is 12.1 Å². The van der Waals surface area contributed by atoms with Crippen LogP contribution < -0.4 is 5.32 Å². The summed E-state index contributed by atoms with van der Waals surface area (Å²) in [5.74, 6) is 0.211. The summed E-state index contributed by atoms with van der Waals surface area (Å²) >= 11 is 0. The zero-order valence-corrected chi connectivity index (χ0v) is 18.4. The molecule has 3 heterocycles. The summed E-state index contributed by atoms with van der Waals surface area (Å²) in [5, 5.41) is 26.7. The van der Waals surface area contributed by atoms with E-state index in [1.54, 1.807) is 23.1 Å². The van der Waals surface area contributed by atoms with Crippen molar-refractivity contribution in [2.24, 2.45) is 0 Å². The van der Waals surface area contributed by atoms with Crippen LogP contribution in [0.3, 0.4) is 0 Å². The minimum atomic E-state index is -0.343. The van der Waals surface area contributed by atoms with Crippen molar-refractivity contribution in [2.75, 3.05) is 5.32 Å². The number of hydrogen-bond donors (Lipinski definition) is 1. The van der Waals surface area contributed by atoms with Crippen molar-refractivity contribution < 1.29 is 4.39 Å². The lowest BCUT2D eigenvalue weighted by atomic mass is 10.0. The zero-order chi connectivity index (χ0) is 23.8. The first kappa shape index (κ1) is 20.6. The van der Waals surface area contributed by atoms with E-state index in [-0.39, 0.29) is 11.9 Å². The summed E-state index contributed by atoms with van der Waals surface area (Å²) in [6.07, 6.45) is 3.68. The Bertz CT molecular complexity index is 1580. The highest BCUT2D eigenvalue weighted by molar-refractivity contribution is 5.83. The number of benzene rings is 3. The van der Waals surface area contributed by atoms with Gasteiger partial charge in [-0.15, -0.1) is 10.2 Å². The Morgan fingerprint density at radius 3 is 2.34 bits per heavy atom. The number of halogens is 1. The van der Waals surface area contributed by atoms with Gasteiger partial charge in [0, 0.05) is 5.56 Å². The van der Waals surface area contributed by atoms with E-state index in [0.29, 0.717) is 34.3 Å². The van der Waals surface area contributed by atoms with E-state index in [1.807, 2.05) is 71.3 Å². The van der Waals surface area contributed by atoms with Crippen LogP contribution in [0.5, 0.6) is 0 Å². The second-order valence-corrected chi connectivity index (χ2v) is 8.06. The molecule has 0 aliphatic carbocycles. The van der Waals surface area contributed by atoms with Crippen molar-refractivity contribution in [3.63, 3.8) is 0 Å². The fraction of sp³-hybridized carbons (Fsp3) is 0.0370. The number of nitrogens with one attached hydrogen (secondary N) is 1. The molecule has 168 valence electrons. The standard InChI is InChI=1S/C27H18FN7/c28-20-11-13-21(14-12-20)35-26(19-9-5-2-6-10-19)22(16-29)25(33-35)23-15-24(18-7-3-1-4-8-18)34-17-30-32-27(34)31-23/h1-15,17,24H,(H,31,32). The molecule has 0 saturated heterocycles. The minimum absolute atomic E-state index is 0.180. The maximum absolute atomic E-state index is 13.7. The highest BCUT2D eigenvalue weighted by Crippen LogP contribution is 2.36. The van der Waals surface area contributed by atoms with E-state index in [9.17, 15) is 9.65 Å². The van der Waals surface area contributed by atoms with Gasteiger partial charge in [0.15, 0.2) is 0 Å². The number of anilines is 1. The molecule has 1 atom stereocenters. The van der Waals surface area contributed by atoms with Gasteiger partial charge < -0.3 is 5.32 Å². The summed E-state index contributed by atoms with van der Waals surface area (Å²) < 4.78 is 17.3. The van der Waals surface area contributed by atoms with Gasteiger partial charge in [0.25, 0.3) is 0 Å². The van der Waals surface area contributed by atoms with Crippen LogP contribution in [0.2, 0.25) is 0 Å². The summed E-state index contributed by atoms with van der Waals surface area (Å²) in [6.45, 7) is 0. The molecule has 0 amide bonds. The van der Waals surface area contributed by atoms with Crippen molar-refractivity contribution in [3.05, 3.63) is 120 Å². The molecule has 1 unspecified atom stereocenters.